The minimum atomic E-state index is -0.864. The number of aromatic nitrogens is 3. The van der Waals surface area contributed by atoms with E-state index in [0.29, 0.717) is 5.82 Å². The molecule has 1 aromatic carbocycles. The second-order valence-corrected chi connectivity index (χ2v) is 3.50. The third-order valence-corrected chi connectivity index (χ3v) is 2.37. The summed E-state index contributed by atoms with van der Waals surface area (Å²) in [6.07, 6.45) is 1.09. The predicted octanol–water partition coefficient (Wildman–Crippen LogP) is 1.52. The third-order valence-electron chi connectivity index (χ3n) is 2.37. The van der Waals surface area contributed by atoms with Crippen LogP contribution in [-0.2, 0) is 13.5 Å². The molecule has 0 aliphatic carbocycles. The molecule has 0 radical (unpaired) electrons. The van der Waals surface area contributed by atoms with Crippen LogP contribution >= 0.6 is 0 Å². The molecule has 0 saturated heterocycles. The second-order valence-electron chi connectivity index (χ2n) is 3.50. The van der Waals surface area contributed by atoms with Gasteiger partial charge in [0.2, 0.25) is 0 Å². The SMILES string of the molecule is Cn1ncnc1CC(=O)c1c(F)cccc1F. The smallest absolute Gasteiger partial charge is 0.176 e. The fourth-order valence-electron chi connectivity index (χ4n) is 1.48. The average Bonchev–Trinajstić information content (AvgIpc) is 2.64. The number of nitrogens with zero attached hydrogens (tertiary/aromatic N) is 3. The van der Waals surface area contributed by atoms with Crippen LogP contribution in [0.3, 0.4) is 0 Å². The van der Waals surface area contributed by atoms with E-state index in [9.17, 15) is 13.6 Å². The number of halogens is 2. The standard InChI is InChI=1S/C11H9F2N3O/c1-16-10(14-6-15-16)5-9(17)11-7(12)3-2-4-8(11)13/h2-4,6H,5H2,1H3. The fourth-order valence-corrected chi connectivity index (χ4v) is 1.48. The van der Waals surface area contributed by atoms with Crippen LogP contribution in [0.4, 0.5) is 8.78 Å². The molecule has 1 aromatic heterocycles. The number of hydrogen-bond donors (Lipinski definition) is 0. The van der Waals surface area contributed by atoms with E-state index < -0.39 is 23.0 Å². The number of ketones is 1. The maximum atomic E-state index is 13.3. The van der Waals surface area contributed by atoms with Gasteiger partial charge >= 0.3 is 0 Å². The molecule has 4 nitrogen and oxygen atoms in total. The molecule has 0 saturated carbocycles. The normalized spacial score (nSPS) is 10.5. The molecule has 0 N–H and O–H groups in total. The molecule has 0 aliphatic heterocycles. The van der Waals surface area contributed by atoms with Crippen LogP contribution in [-0.4, -0.2) is 20.5 Å². The van der Waals surface area contributed by atoms with Gasteiger partial charge in [-0.15, -0.1) is 0 Å². The van der Waals surface area contributed by atoms with Gasteiger partial charge in [-0.2, -0.15) is 5.10 Å². The van der Waals surface area contributed by atoms with Gasteiger partial charge in [0.1, 0.15) is 23.8 Å². The largest absolute Gasteiger partial charge is 0.293 e. The number of benzene rings is 1. The Hall–Kier alpha value is -2.11. The van der Waals surface area contributed by atoms with Crippen LogP contribution in [0.2, 0.25) is 0 Å². The maximum Gasteiger partial charge on any atom is 0.176 e. The van der Waals surface area contributed by atoms with E-state index in [1.165, 1.54) is 17.1 Å². The Kier molecular flexibility index (Phi) is 2.95. The zero-order chi connectivity index (χ0) is 12.4. The lowest BCUT2D eigenvalue weighted by atomic mass is 10.1. The molecule has 2 rings (SSSR count). The first-order valence-corrected chi connectivity index (χ1v) is 4.89. The van der Waals surface area contributed by atoms with Crippen molar-refractivity contribution in [2.45, 2.75) is 6.42 Å². The van der Waals surface area contributed by atoms with Crippen LogP contribution in [0.15, 0.2) is 24.5 Å². The second kappa shape index (κ2) is 4.40. The van der Waals surface area contributed by atoms with Crippen LogP contribution in [0, 0.1) is 11.6 Å². The van der Waals surface area contributed by atoms with Gasteiger partial charge in [-0.1, -0.05) is 6.07 Å². The summed E-state index contributed by atoms with van der Waals surface area (Å²) in [5, 5.41) is 3.77. The Balaban J connectivity index is 2.30. The highest BCUT2D eigenvalue weighted by Gasteiger charge is 2.18. The maximum absolute atomic E-state index is 13.3. The van der Waals surface area contributed by atoms with Crippen molar-refractivity contribution in [3.05, 3.63) is 47.5 Å². The zero-order valence-corrected chi connectivity index (χ0v) is 9.02. The van der Waals surface area contributed by atoms with Gasteiger partial charge in [0.05, 0.1) is 12.0 Å². The number of aryl methyl sites for hydroxylation is 1. The Bertz CT molecular complexity index is 545. The zero-order valence-electron chi connectivity index (χ0n) is 9.02. The van der Waals surface area contributed by atoms with Crippen LogP contribution in [0.1, 0.15) is 16.2 Å². The molecular weight excluding hydrogens is 228 g/mol. The van der Waals surface area contributed by atoms with E-state index in [4.69, 9.17) is 0 Å². The molecule has 2 aromatic rings. The quantitative estimate of drug-likeness (QED) is 0.760. The highest BCUT2D eigenvalue weighted by molar-refractivity contribution is 5.97. The van der Waals surface area contributed by atoms with E-state index in [-0.39, 0.29) is 6.42 Å². The Labute approximate surface area is 95.9 Å². The number of hydrogen-bond acceptors (Lipinski definition) is 3. The van der Waals surface area contributed by atoms with Gasteiger partial charge in [-0.3, -0.25) is 9.48 Å². The molecule has 0 aliphatic rings. The van der Waals surface area contributed by atoms with Crippen molar-refractivity contribution in [1.29, 1.82) is 0 Å². The third kappa shape index (κ3) is 2.20. The van der Waals surface area contributed by atoms with Crippen LogP contribution in [0.25, 0.3) is 0 Å². The molecule has 0 atom stereocenters. The average molecular weight is 237 g/mol. The lowest BCUT2D eigenvalue weighted by Crippen LogP contribution is -2.12. The van der Waals surface area contributed by atoms with Crippen molar-refractivity contribution < 1.29 is 13.6 Å². The summed E-state index contributed by atoms with van der Waals surface area (Å²) in [7, 11) is 1.60. The van der Waals surface area contributed by atoms with Gasteiger partial charge in [-0.05, 0) is 12.1 Å². The van der Waals surface area contributed by atoms with Gasteiger partial charge < -0.3 is 0 Å². The van der Waals surface area contributed by atoms with Gasteiger partial charge in [0, 0.05) is 7.05 Å². The van der Waals surface area contributed by atoms with Crippen molar-refractivity contribution in [2.75, 3.05) is 0 Å². The first-order chi connectivity index (χ1) is 8.09. The Morgan fingerprint density at radius 1 is 1.35 bits per heavy atom. The van der Waals surface area contributed by atoms with E-state index in [1.807, 2.05) is 0 Å². The van der Waals surface area contributed by atoms with Crippen molar-refractivity contribution in [3.8, 4) is 0 Å². The van der Waals surface area contributed by atoms with Crippen molar-refractivity contribution in [1.82, 2.24) is 14.8 Å². The molecule has 17 heavy (non-hydrogen) atoms. The monoisotopic (exact) mass is 237 g/mol. The lowest BCUT2D eigenvalue weighted by Gasteiger charge is -2.03. The molecule has 1 heterocycles. The first-order valence-electron chi connectivity index (χ1n) is 4.89. The predicted molar refractivity (Wildman–Crippen MR) is 55.4 cm³/mol. The Morgan fingerprint density at radius 2 is 2.00 bits per heavy atom. The van der Waals surface area contributed by atoms with Crippen LogP contribution < -0.4 is 0 Å². The molecule has 0 amide bonds. The topological polar surface area (TPSA) is 47.8 Å². The molecular formula is C11H9F2N3O. The molecule has 88 valence electrons. The molecule has 0 bridgehead atoms. The summed E-state index contributed by atoms with van der Waals surface area (Å²) in [6, 6.07) is 3.31. The van der Waals surface area contributed by atoms with Crippen molar-refractivity contribution in [2.24, 2.45) is 7.05 Å². The van der Waals surface area contributed by atoms with E-state index >= 15 is 0 Å². The van der Waals surface area contributed by atoms with Gasteiger partial charge in [0.25, 0.3) is 0 Å². The summed E-state index contributed by atoms with van der Waals surface area (Å²) < 4.78 is 28.0. The molecule has 6 heteroatoms. The minimum absolute atomic E-state index is 0.186. The number of carbonyl (C=O) groups is 1. The van der Waals surface area contributed by atoms with Crippen molar-refractivity contribution in [3.63, 3.8) is 0 Å². The van der Waals surface area contributed by atoms with E-state index in [1.54, 1.807) is 7.05 Å². The fraction of sp³-hybridized carbons (Fsp3) is 0.182. The minimum Gasteiger partial charge on any atom is -0.293 e. The van der Waals surface area contributed by atoms with Gasteiger partial charge in [-0.25, -0.2) is 13.8 Å². The Morgan fingerprint density at radius 3 is 2.53 bits per heavy atom. The summed E-state index contributed by atoms with van der Waals surface area (Å²) in [5.74, 6) is -2.02. The number of carbonyl (C=O) groups excluding carboxylic acids is 1. The molecule has 0 fully saturated rings. The summed E-state index contributed by atoms with van der Waals surface area (Å²) >= 11 is 0. The summed E-state index contributed by atoms with van der Waals surface area (Å²) in [4.78, 5) is 15.6. The summed E-state index contributed by atoms with van der Waals surface area (Å²) in [5.41, 5.74) is -0.532. The number of Topliss-reactive ketones (excluding diaryl/α,β-unsaturated/α-hetero) is 1. The van der Waals surface area contributed by atoms with Crippen molar-refractivity contribution >= 4 is 5.78 Å². The highest BCUT2D eigenvalue weighted by atomic mass is 19.1. The van der Waals surface area contributed by atoms with E-state index in [0.717, 1.165) is 12.1 Å². The van der Waals surface area contributed by atoms with Crippen LogP contribution in [0.5, 0.6) is 0 Å². The summed E-state index contributed by atoms with van der Waals surface area (Å²) in [6.45, 7) is 0. The number of rotatable bonds is 3. The molecule has 0 spiro atoms. The van der Waals surface area contributed by atoms with Gasteiger partial charge in [0.15, 0.2) is 5.78 Å². The molecule has 0 unspecified atom stereocenters. The lowest BCUT2D eigenvalue weighted by molar-refractivity contribution is 0.0981. The van der Waals surface area contributed by atoms with E-state index in [2.05, 4.69) is 10.1 Å². The highest BCUT2D eigenvalue weighted by Crippen LogP contribution is 2.14. The first kappa shape index (κ1) is 11.4.